The van der Waals surface area contributed by atoms with E-state index in [9.17, 15) is 12.8 Å². The van der Waals surface area contributed by atoms with Crippen LogP contribution in [-0.4, -0.2) is 20.5 Å². The van der Waals surface area contributed by atoms with Crippen LogP contribution in [0.15, 0.2) is 0 Å². The summed E-state index contributed by atoms with van der Waals surface area (Å²) in [6.07, 6.45) is 35.1. The molecular weight excluding hydrogens is 509 g/mol. The van der Waals surface area contributed by atoms with Crippen LogP contribution in [0.2, 0.25) is 0 Å². The van der Waals surface area contributed by atoms with Gasteiger partial charge in [-0.3, -0.25) is 4.18 Å². The zero-order chi connectivity index (χ0) is 28.0. The van der Waals surface area contributed by atoms with E-state index in [0.717, 1.165) is 25.7 Å². The maximum Gasteiger partial charge on any atom is 0.299 e. The van der Waals surface area contributed by atoms with Crippen molar-refractivity contribution in [3.05, 3.63) is 0 Å². The van der Waals surface area contributed by atoms with Gasteiger partial charge in [-0.1, -0.05) is 181 Å². The minimum Gasteiger partial charge on any atom is -0.344 e. The summed E-state index contributed by atoms with van der Waals surface area (Å²) < 4.78 is 43.0. The molecule has 0 heterocycles. The molecule has 3 N–H and O–H groups in total. The Balaban J connectivity index is 0. The zero-order valence-electron chi connectivity index (χ0n) is 26.5. The van der Waals surface area contributed by atoms with E-state index in [4.69, 9.17) is 4.18 Å². The third kappa shape index (κ3) is 30.6. The summed E-state index contributed by atoms with van der Waals surface area (Å²) in [5.41, 5.74) is -1.87. The Morgan fingerprint density at radius 2 is 0.718 bits per heavy atom. The van der Waals surface area contributed by atoms with Crippen LogP contribution in [-0.2, 0) is 14.3 Å². The van der Waals surface area contributed by atoms with Gasteiger partial charge < -0.3 is 6.15 Å². The Bertz CT molecular complexity index is 559. The van der Waals surface area contributed by atoms with E-state index in [-0.39, 0.29) is 19.2 Å². The highest BCUT2D eigenvalue weighted by Crippen LogP contribution is 2.18. The van der Waals surface area contributed by atoms with Crippen LogP contribution >= 0.6 is 0 Å². The number of unbranched alkanes of at least 4 members (excludes halogenated alkanes) is 26. The molecule has 0 aromatic heterocycles. The van der Waals surface area contributed by atoms with E-state index in [1.54, 1.807) is 0 Å². The topological polar surface area (TPSA) is 78.4 Å². The van der Waals surface area contributed by atoms with Gasteiger partial charge in [0.1, 0.15) is 0 Å². The van der Waals surface area contributed by atoms with E-state index in [1.807, 2.05) is 0 Å². The normalized spacial score (nSPS) is 12.5. The predicted octanol–water partition coefficient (Wildman–Crippen LogP) is 12.1. The fourth-order valence-corrected chi connectivity index (χ4v) is 6.14. The second kappa shape index (κ2) is 32.3. The molecule has 0 rings (SSSR count). The molecule has 238 valence electrons. The van der Waals surface area contributed by atoms with Crippen molar-refractivity contribution in [1.82, 2.24) is 6.15 Å². The van der Waals surface area contributed by atoms with Crippen molar-refractivity contribution >= 4 is 10.1 Å². The van der Waals surface area contributed by atoms with Crippen molar-refractivity contribution in [1.29, 1.82) is 0 Å². The molecule has 0 aromatic carbocycles. The molecule has 0 fully saturated rings. The van der Waals surface area contributed by atoms with Crippen molar-refractivity contribution in [2.45, 2.75) is 206 Å². The average Bonchev–Trinajstić information content (AvgIpc) is 2.90. The number of hydrogen-bond acceptors (Lipinski definition) is 4. The number of alkyl halides is 1. The van der Waals surface area contributed by atoms with Gasteiger partial charge in [-0.2, -0.15) is 8.42 Å². The quantitative estimate of drug-likeness (QED) is 0.0635. The Labute approximate surface area is 245 Å². The van der Waals surface area contributed by atoms with Crippen LogP contribution < -0.4 is 6.15 Å². The van der Waals surface area contributed by atoms with Crippen LogP contribution in [0, 0.1) is 0 Å². The largest absolute Gasteiger partial charge is 0.344 e. The van der Waals surface area contributed by atoms with Crippen LogP contribution in [0.5, 0.6) is 0 Å². The minimum atomic E-state index is -4.06. The average molecular weight is 580 g/mol. The van der Waals surface area contributed by atoms with Crippen molar-refractivity contribution in [2.24, 2.45) is 0 Å². The number of halogens is 1. The molecule has 0 saturated carbocycles. The summed E-state index contributed by atoms with van der Waals surface area (Å²) in [7, 11) is -4.06. The number of hydrogen-bond donors (Lipinski definition) is 1. The van der Waals surface area contributed by atoms with E-state index in [0.29, 0.717) is 12.8 Å². The summed E-state index contributed by atoms with van der Waals surface area (Å²) in [6, 6.07) is 0. The van der Waals surface area contributed by atoms with Crippen LogP contribution in [0.25, 0.3) is 0 Å². The van der Waals surface area contributed by atoms with Crippen LogP contribution in [0.1, 0.15) is 200 Å². The SMILES string of the molecule is CCCCCCCCCCCCCCCCCCCCCCOS(=O)(=O)C(F)CCCCCCCCCC.N. The molecule has 0 radical (unpaired) electrons. The Morgan fingerprint density at radius 1 is 0.462 bits per heavy atom. The fraction of sp³-hybridized carbons (Fsp3) is 1.00. The van der Waals surface area contributed by atoms with Gasteiger partial charge in [-0.25, -0.2) is 4.39 Å². The van der Waals surface area contributed by atoms with Gasteiger partial charge in [0, 0.05) is 0 Å². The van der Waals surface area contributed by atoms with Gasteiger partial charge in [-0.15, -0.1) is 0 Å². The third-order valence-electron chi connectivity index (χ3n) is 7.84. The molecule has 0 spiro atoms. The second-order valence-corrected chi connectivity index (χ2v) is 13.4. The number of rotatable bonds is 32. The standard InChI is InChI=1S/C33H67FO3S.H3N/c1-3-5-7-9-11-13-14-15-16-17-18-19-20-21-22-23-24-26-28-30-32-37-38(35,36)33(34)31-29-27-25-12-10-8-6-4-2;/h33H,3-32H2,1-2H3;1H3. The monoisotopic (exact) mass is 580 g/mol. The molecule has 0 aromatic rings. The van der Waals surface area contributed by atoms with Crippen molar-refractivity contribution in [2.75, 3.05) is 6.61 Å². The minimum absolute atomic E-state index is 0. The molecule has 0 aliphatic rings. The van der Waals surface area contributed by atoms with E-state index >= 15 is 0 Å². The molecule has 0 bridgehead atoms. The second-order valence-electron chi connectivity index (χ2n) is 11.7. The highest BCUT2D eigenvalue weighted by molar-refractivity contribution is 7.87. The molecular formula is C33H70FNO3S. The van der Waals surface area contributed by atoms with Crippen molar-refractivity contribution in [3.8, 4) is 0 Å². The lowest BCUT2D eigenvalue weighted by molar-refractivity contribution is 0.270. The molecule has 39 heavy (non-hydrogen) atoms. The molecule has 0 aliphatic carbocycles. The first-order chi connectivity index (χ1) is 18.5. The van der Waals surface area contributed by atoms with Crippen LogP contribution in [0.4, 0.5) is 4.39 Å². The summed E-state index contributed by atoms with van der Waals surface area (Å²) in [5, 5.41) is 0. The summed E-state index contributed by atoms with van der Waals surface area (Å²) in [5.74, 6) is 0. The van der Waals surface area contributed by atoms with Gasteiger partial charge in [-0.05, 0) is 19.3 Å². The summed E-state index contributed by atoms with van der Waals surface area (Å²) >= 11 is 0. The van der Waals surface area contributed by atoms with Gasteiger partial charge in [0.25, 0.3) is 10.1 Å². The maximum atomic E-state index is 14.1. The molecule has 4 nitrogen and oxygen atoms in total. The zero-order valence-corrected chi connectivity index (χ0v) is 27.3. The highest BCUT2D eigenvalue weighted by atomic mass is 32.2. The maximum absolute atomic E-state index is 14.1. The lowest BCUT2D eigenvalue weighted by Gasteiger charge is -2.10. The molecule has 0 saturated heterocycles. The van der Waals surface area contributed by atoms with E-state index in [1.165, 1.54) is 141 Å². The van der Waals surface area contributed by atoms with Gasteiger partial charge in [0.15, 0.2) is 0 Å². The van der Waals surface area contributed by atoms with Crippen molar-refractivity contribution in [3.63, 3.8) is 0 Å². The first-order valence-electron chi connectivity index (χ1n) is 17.1. The highest BCUT2D eigenvalue weighted by Gasteiger charge is 2.25. The molecule has 1 unspecified atom stereocenters. The lowest BCUT2D eigenvalue weighted by atomic mass is 10.0. The fourth-order valence-electron chi connectivity index (χ4n) is 5.19. The van der Waals surface area contributed by atoms with E-state index in [2.05, 4.69) is 13.8 Å². The smallest absolute Gasteiger partial charge is 0.299 e. The Morgan fingerprint density at radius 3 is 1.03 bits per heavy atom. The summed E-state index contributed by atoms with van der Waals surface area (Å²) in [6.45, 7) is 4.61. The van der Waals surface area contributed by atoms with Gasteiger partial charge in [0.05, 0.1) is 6.61 Å². The molecule has 6 heteroatoms. The Hall–Kier alpha value is -0.200. The van der Waals surface area contributed by atoms with E-state index < -0.39 is 15.6 Å². The first-order valence-corrected chi connectivity index (χ1v) is 18.5. The Kier molecular flexibility index (Phi) is 33.9. The molecule has 0 amide bonds. The van der Waals surface area contributed by atoms with Gasteiger partial charge >= 0.3 is 0 Å². The lowest BCUT2D eigenvalue weighted by Crippen LogP contribution is -2.19. The van der Waals surface area contributed by atoms with Crippen molar-refractivity contribution < 1.29 is 17.0 Å². The van der Waals surface area contributed by atoms with Gasteiger partial charge in [0.2, 0.25) is 5.50 Å². The first kappa shape index (κ1) is 40.9. The molecule has 0 aliphatic heterocycles. The van der Waals surface area contributed by atoms with Crippen LogP contribution in [0.3, 0.4) is 0 Å². The third-order valence-corrected chi connectivity index (χ3v) is 9.20. The molecule has 1 atom stereocenters. The summed E-state index contributed by atoms with van der Waals surface area (Å²) in [4.78, 5) is 0. The predicted molar refractivity (Wildman–Crippen MR) is 170 cm³/mol.